The smallest absolute Gasteiger partial charge is 0.168 e. The van der Waals surface area contributed by atoms with Crippen LogP contribution in [0.2, 0.25) is 0 Å². The van der Waals surface area contributed by atoms with Crippen LogP contribution in [0.4, 0.5) is 20.4 Å². The first-order chi connectivity index (χ1) is 7.58. The molecular weight excluding hydrogens is 212 g/mol. The summed E-state index contributed by atoms with van der Waals surface area (Å²) in [7, 11) is 0. The third-order valence-corrected chi connectivity index (χ3v) is 2.67. The molecule has 1 heterocycles. The van der Waals surface area contributed by atoms with Crippen LogP contribution in [0.15, 0.2) is 6.07 Å². The lowest BCUT2D eigenvalue weighted by Gasteiger charge is -2.14. The van der Waals surface area contributed by atoms with Crippen molar-refractivity contribution in [3.8, 4) is 0 Å². The van der Waals surface area contributed by atoms with E-state index in [9.17, 15) is 8.78 Å². The Morgan fingerprint density at radius 1 is 1.31 bits per heavy atom. The average molecular weight is 229 g/mol. The van der Waals surface area contributed by atoms with Gasteiger partial charge in [-0.1, -0.05) is 26.7 Å². The van der Waals surface area contributed by atoms with Gasteiger partial charge in [-0.25, -0.2) is 13.8 Å². The Morgan fingerprint density at radius 3 is 2.50 bits per heavy atom. The molecule has 0 spiro atoms. The third kappa shape index (κ3) is 3.05. The van der Waals surface area contributed by atoms with Crippen molar-refractivity contribution in [1.29, 1.82) is 0 Å². The van der Waals surface area contributed by atoms with Crippen molar-refractivity contribution in [2.24, 2.45) is 5.92 Å². The minimum atomic E-state index is -0.828. The van der Waals surface area contributed by atoms with Gasteiger partial charge in [-0.05, 0) is 5.92 Å². The molecule has 1 aromatic heterocycles. The molecule has 0 radical (unpaired) electrons. The highest BCUT2D eigenvalue weighted by Gasteiger charge is 2.10. The normalized spacial score (nSPS) is 10.8. The molecule has 0 bridgehead atoms. The first kappa shape index (κ1) is 12.7. The van der Waals surface area contributed by atoms with Crippen molar-refractivity contribution in [2.75, 3.05) is 17.6 Å². The van der Waals surface area contributed by atoms with E-state index in [0.717, 1.165) is 18.9 Å². The number of rotatable bonds is 5. The predicted molar refractivity (Wildman–Crippen MR) is 61.1 cm³/mol. The van der Waals surface area contributed by atoms with E-state index in [1.165, 1.54) is 0 Å². The monoisotopic (exact) mass is 229 g/mol. The van der Waals surface area contributed by atoms with E-state index in [1.54, 1.807) is 0 Å². The third-order valence-electron chi connectivity index (χ3n) is 2.67. The number of nitrogens with zero attached hydrogens (tertiary/aromatic N) is 1. The number of nitrogens with one attached hydrogen (secondary N) is 1. The Hall–Kier alpha value is -1.39. The van der Waals surface area contributed by atoms with Gasteiger partial charge in [0.05, 0.1) is 0 Å². The zero-order valence-corrected chi connectivity index (χ0v) is 9.56. The lowest BCUT2D eigenvalue weighted by Crippen LogP contribution is -2.15. The van der Waals surface area contributed by atoms with Gasteiger partial charge >= 0.3 is 0 Å². The fraction of sp³-hybridized carbons (Fsp3) is 0.545. The Kier molecular flexibility index (Phi) is 4.46. The summed E-state index contributed by atoms with van der Waals surface area (Å²) in [5, 5.41) is 2.85. The fourth-order valence-electron chi connectivity index (χ4n) is 1.42. The number of nitrogens with two attached hydrogens (primary N) is 1. The van der Waals surface area contributed by atoms with Crippen LogP contribution in [0, 0.1) is 17.6 Å². The molecule has 16 heavy (non-hydrogen) atoms. The summed E-state index contributed by atoms with van der Waals surface area (Å²) in [6, 6.07) is 0.748. The second-order valence-corrected chi connectivity index (χ2v) is 3.75. The number of hydrogen-bond acceptors (Lipinski definition) is 3. The van der Waals surface area contributed by atoms with Gasteiger partial charge < -0.3 is 11.1 Å². The average Bonchev–Trinajstić information content (AvgIpc) is 2.26. The van der Waals surface area contributed by atoms with Gasteiger partial charge in [-0.3, -0.25) is 0 Å². The van der Waals surface area contributed by atoms with Gasteiger partial charge in [0.1, 0.15) is 0 Å². The van der Waals surface area contributed by atoms with E-state index in [-0.39, 0.29) is 11.6 Å². The number of hydrogen-bond donors (Lipinski definition) is 2. The molecule has 1 aromatic rings. The lowest BCUT2D eigenvalue weighted by molar-refractivity contribution is 0.514. The first-order valence-corrected chi connectivity index (χ1v) is 5.43. The minimum absolute atomic E-state index is 0.0193. The molecule has 0 aliphatic carbocycles. The molecule has 90 valence electrons. The van der Waals surface area contributed by atoms with Gasteiger partial charge in [-0.2, -0.15) is 0 Å². The van der Waals surface area contributed by atoms with Gasteiger partial charge in [0.2, 0.25) is 0 Å². The van der Waals surface area contributed by atoms with Gasteiger partial charge in [-0.15, -0.1) is 0 Å². The summed E-state index contributed by atoms with van der Waals surface area (Å²) in [6.45, 7) is 4.75. The molecule has 0 fully saturated rings. The van der Waals surface area contributed by atoms with E-state index in [4.69, 9.17) is 5.73 Å². The molecule has 3 N–H and O–H groups in total. The van der Waals surface area contributed by atoms with Crippen molar-refractivity contribution in [3.05, 3.63) is 17.7 Å². The van der Waals surface area contributed by atoms with Gasteiger partial charge in [0.25, 0.3) is 0 Å². The molecule has 0 amide bonds. The number of aromatic nitrogens is 1. The van der Waals surface area contributed by atoms with Crippen LogP contribution in [-0.4, -0.2) is 11.5 Å². The van der Waals surface area contributed by atoms with Crippen LogP contribution in [0.5, 0.6) is 0 Å². The van der Waals surface area contributed by atoms with Crippen molar-refractivity contribution >= 4 is 11.6 Å². The van der Waals surface area contributed by atoms with Crippen molar-refractivity contribution < 1.29 is 8.78 Å². The summed E-state index contributed by atoms with van der Waals surface area (Å²) in [5.74, 6) is -1.35. The number of anilines is 2. The topological polar surface area (TPSA) is 50.9 Å². The Balaban J connectivity index is 2.70. The molecule has 3 nitrogen and oxygen atoms in total. The molecule has 0 saturated carbocycles. The maximum atomic E-state index is 13.3. The molecule has 0 saturated heterocycles. The van der Waals surface area contributed by atoms with Crippen molar-refractivity contribution in [2.45, 2.75) is 26.7 Å². The first-order valence-electron chi connectivity index (χ1n) is 5.43. The van der Waals surface area contributed by atoms with Gasteiger partial charge in [0, 0.05) is 12.6 Å². The zero-order valence-electron chi connectivity index (χ0n) is 9.56. The van der Waals surface area contributed by atoms with Crippen LogP contribution in [0.1, 0.15) is 26.7 Å². The molecule has 0 unspecified atom stereocenters. The van der Waals surface area contributed by atoms with E-state index < -0.39 is 11.6 Å². The lowest BCUT2D eigenvalue weighted by atomic mass is 10.0. The van der Waals surface area contributed by atoms with Crippen LogP contribution in [-0.2, 0) is 0 Å². The quantitative estimate of drug-likeness (QED) is 0.816. The largest absolute Gasteiger partial charge is 0.381 e. The number of halogens is 2. The standard InChI is InChI=1S/C11H17F2N3/c1-3-7(4-2)6-15-11-9(13)5-8(12)10(14)16-11/h5,7H,3-4,6H2,1-2H3,(H3,14,15,16). The summed E-state index contributed by atoms with van der Waals surface area (Å²) >= 11 is 0. The minimum Gasteiger partial charge on any atom is -0.381 e. The van der Waals surface area contributed by atoms with Crippen LogP contribution < -0.4 is 11.1 Å². The number of pyridine rings is 1. The van der Waals surface area contributed by atoms with Crippen LogP contribution in [0.25, 0.3) is 0 Å². The van der Waals surface area contributed by atoms with E-state index in [0.29, 0.717) is 12.5 Å². The second-order valence-electron chi connectivity index (χ2n) is 3.75. The molecule has 0 aromatic carbocycles. The maximum Gasteiger partial charge on any atom is 0.168 e. The van der Waals surface area contributed by atoms with Crippen molar-refractivity contribution in [1.82, 2.24) is 4.98 Å². The summed E-state index contributed by atoms with van der Waals surface area (Å²) in [6.07, 6.45) is 2.00. The van der Waals surface area contributed by atoms with Crippen LogP contribution in [0.3, 0.4) is 0 Å². The Morgan fingerprint density at radius 2 is 1.94 bits per heavy atom. The predicted octanol–water partition coefficient (Wildman–Crippen LogP) is 2.79. The van der Waals surface area contributed by atoms with E-state index in [2.05, 4.69) is 24.1 Å². The van der Waals surface area contributed by atoms with Crippen molar-refractivity contribution in [3.63, 3.8) is 0 Å². The summed E-state index contributed by atoms with van der Waals surface area (Å²) in [5.41, 5.74) is 5.27. The highest BCUT2D eigenvalue weighted by Crippen LogP contribution is 2.17. The molecule has 0 aliphatic rings. The molecule has 1 rings (SSSR count). The highest BCUT2D eigenvalue weighted by molar-refractivity contribution is 5.44. The summed E-state index contributed by atoms with van der Waals surface area (Å²) in [4.78, 5) is 3.63. The highest BCUT2D eigenvalue weighted by atomic mass is 19.1. The molecule has 5 heteroatoms. The SMILES string of the molecule is CCC(CC)CNc1nc(N)c(F)cc1F. The summed E-state index contributed by atoms with van der Waals surface area (Å²) < 4.78 is 26.1. The van der Waals surface area contributed by atoms with Gasteiger partial charge in [0.15, 0.2) is 23.3 Å². The van der Waals surface area contributed by atoms with E-state index >= 15 is 0 Å². The van der Waals surface area contributed by atoms with E-state index in [1.807, 2.05) is 0 Å². The zero-order chi connectivity index (χ0) is 12.1. The maximum absolute atomic E-state index is 13.3. The molecular formula is C11H17F2N3. The van der Waals surface area contributed by atoms with Crippen LogP contribution >= 0.6 is 0 Å². The second kappa shape index (κ2) is 5.63. The fourth-order valence-corrected chi connectivity index (χ4v) is 1.42. The Bertz CT molecular complexity index is 351. The molecule has 0 atom stereocenters. The Labute approximate surface area is 94.1 Å². The molecule has 0 aliphatic heterocycles. The number of nitrogen functional groups attached to an aromatic ring is 1.